The van der Waals surface area contributed by atoms with E-state index in [2.05, 4.69) is 32.3 Å². The molecule has 1 aliphatic heterocycles. The average Bonchev–Trinajstić information content (AvgIpc) is 3.11. The van der Waals surface area contributed by atoms with Gasteiger partial charge in [-0.05, 0) is 44.5 Å². The summed E-state index contributed by atoms with van der Waals surface area (Å²) in [6, 6.07) is 10.2. The first-order valence-corrected chi connectivity index (χ1v) is 11.0. The molecule has 158 valence electrons. The summed E-state index contributed by atoms with van der Waals surface area (Å²) in [5.74, 6) is 0.564. The zero-order valence-corrected chi connectivity index (χ0v) is 18.4. The lowest BCUT2D eigenvalue weighted by atomic mass is 10.1. The molecule has 1 unspecified atom stereocenters. The van der Waals surface area contributed by atoms with Crippen molar-refractivity contribution in [2.45, 2.75) is 27.0 Å². The lowest BCUT2D eigenvalue weighted by Crippen LogP contribution is -2.40. The van der Waals surface area contributed by atoms with Crippen molar-refractivity contribution < 1.29 is 9.47 Å². The first-order valence-electron chi connectivity index (χ1n) is 10.2. The normalized spacial score (nSPS) is 15.8. The molecule has 0 aliphatic carbocycles. The third kappa shape index (κ3) is 4.84. The minimum atomic E-state index is -0.0873. The Bertz CT molecular complexity index is 987. The molecule has 1 aliphatic rings. The number of aryl methyl sites for hydroxylation is 2. The first-order chi connectivity index (χ1) is 14.6. The Labute approximate surface area is 181 Å². The van der Waals surface area contributed by atoms with Crippen molar-refractivity contribution in [1.29, 1.82) is 0 Å². The van der Waals surface area contributed by atoms with E-state index in [0.29, 0.717) is 12.6 Å². The number of rotatable bonds is 7. The van der Waals surface area contributed by atoms with Gasteiger partial charge in [0, 0.05) is 31.6 Å². The summed E-state index contributed by atoms with van der Waals surface area (Å²) in [4.78, 5) is 17.0. The van der Waals surface area contributed by atoms with Crippen LogP contribution >= 0.6 is 11.3 Å². The van der Waals surface area contributed by atoms with E-state index in [4.69, 9.17) is 14.5 Å². The molecule has 4 rings (SSSR count). The van der Waals surface area contributed by atoms with Crippen LogP contribution in [0.5, 0.6) is 0 Å². The highest BCUT2D eigenvalue weighted by molar-refractivity contribution is 7.15. The van der Waals surface area contributed by atoms with Gasteiger partial charge in [0.15, 0.2) is 0 Å². The van der Waals surface area contributed by atoms with Gasteiger partial charge in [-0.3, -0.25) is 4.90 Å². The molecular formula is C22H27N5O2S. The second kappa shape index (κ2) is 9.61. The Kier molecular flexibility index (Phi) is 6.69. The average molecular weight is 426 g/mol. The SMILES string of the molecule is CCOC(c1cccc(Nc2nccc(-c3sc(C)nc3C)n2)c1)N1CCOCC1. The van der Waals surface area contributed by atoms with Gasteiger partial charge in [-0.15, -0.1) is 11.3 Å². The molecule has 8 heteroatoms. The lowest BCUT2D eigenvalue weighted by molar-refractivity contribution is -0.0957. The van der Waals surface area contributed by atoms with E-state index in [1.807, 2.05) is 39.0 Å². The van der Waals surface area contributed by atoms with Crippen LogP contribution in [-0.4, -0.2) is 52.8 Å². The maximum absolute atomic E-state index is 6.07. The van der Waals surface area contributed by atoms with Gasteiger partial charge in [-0.1, -0.05) is 12.1 Å². The molecule has 1 N–H and O–H groups in total. The van der Waals surface area contributed by atoms with Crippen LogP contribution in [0.3, 0.4) is 0 Å². The molecule has 0 bridgehead atoms. The largest absolute Gasteiger partial charge is 0.379 e. The van der Waals surface area contributed by atoms with Crippen molar-refractivity contribution in [2.75, 3.05) is 38.2 Å². The van der Waals surface area contributed by atoms with Gasteiger partial charge in [0.25, 0.3) is 0 Å². The van der Waals surface area contributed by atoms with E-state index in [9.17, 15) is 0 Å². The molecule has 3 aromatic rings. The summed E-state index contributed by atoms with van der Waals surface area (Å²) in [7, 11) is 0. The van der Waals surface area contributed by atoms with E-state index in [0.717, 1.165) is 58.8 Å². The van der Waals surface area contributed by atoms with Crippen LogP contribution in [0.4, 0.5) is 11.6 Å². The highest BCUT2D eigenvalue weighted by Crippen LogP contribution is 2.30. The molecule has 1 fully saturated rings. The van der Waals surface area contributed by atoms with Crippen LogP contribution in [0.15, 0.2) is 36.5 Å². The van der Waals surface area contributed by atoms with Crippen molar-refractivity contribution in [3.63, 3.8) is 0 Å². The van der Waals surface area contributed by atoms with E-state index in [1.54, 1.807) is 17.5 Å². The van der Waals surface area contributed by atoms with Gasteiger partial charge in [-0.25, -0.2) is 15.0 Å². The van der Waals surface area contributed by atoms with E-state index >= 15 is 0 Å². The summed E-state index contributed by atoms with van der Waals surface area (Å²) in [5.41, 5.74) is 3.91. The second-order valence-electron chi connectivity index (χ2n) is 7.12. The lowest BCUT2D eigenvalue weighted by Gasteiger charge is -2.34. The molecule has 0 amide bonds. The van der Waals surface area contributed by atoms with Crippen molar-refractivity contribution >= 4 is 23.0 Å². The number of anilines is 2. The van der Waals surface area contributed by atoms with Crippen molar-refractivity contribution in [1.82, 2.24) is 19.9 Å². The number of benzene rings is 1. The number of thiazole rings is 1. The summed E-state index contributed by atoms with van der Waals surface area (Å²) >= 11 is 1.65. The molecule has 0 saturated carbocycles. The molecule has 0 spiro atoms. The fraction of sp³-hybridized carbons (Fsp3) is 0.409. The predicted molar refractivity (Wildman–Crippen MR) is 119 cm³/mol. The van der Waals surface area contributed by atoms with Crippen LogP contribution in [0.25, 0.3) is 10.6 Å². The van der Waals surface area contributed by atoms with Crippen molar-refractivity contribution in [3.05, 3.63) is 52.8 Å². The number of nitrogens with one attached hydrogen (secondary N) is 1. The fourth-order valence-corrected chi connectivity index (χ4v) is 4.49. The Morgan fingerprint density at radius 1 is 1.20 bits per heavy atom. The van der Waals surface area contributed by atoms with Gasteiger partial charge in [0.1, 0.15) is 6.23 Å². The maximum Gasteiger partial charge on any atom is 0.227 e. The van der Waals surface area contributed by atoms with E-state index in [-0.39, 0.29) is 6.23 Å². The van der Waals surface area contributed by atoms with E-state index in [1.165, 1.54) is 0 Å². The molecule has 3 heterocycles. The van der Waals surface area contributed by atoms with Gasteiger partial charge in [0.05, 0.1) is 34.5 Å². The van der Waals surface area contributed by atoms with Gasteiger partial charge >= 0.3 is 0 Å². The number of nitrogens with zero attached hydrogens (tertiary/aromatic N) is 4. The Hall–Kier alpha value is -2.39. The molecule has 1 saturated heterocycles. The topological polar surface area (TPSA) is 72.4 Å². The number of aromatic nitrogens is 3. The molecule has 7 nitrogen and oxygen atoms in total. The summed E-state index contributed by atoms with van der Waals surface area (Å²) in [6.07, 6.45) is 1.69. The van der Waals surface area contributed by atoms with Crippen LogP contribution in [0, 0.1) is 13.8 Å². The Morgan fingerprint density at radius 2 is 2.03 bits per heavy atom. The van der Waals surface area contributed by atoms with Crippen LogP contribution in [-0.2, 0) is 9.47 Å². The number of hydrogen-bond acceptors (Lipinski definition) is 8. The van der Waals surface area contributed by atoms with Gasteiger partial charge in [0.2, 0.25) is 5.95 Å². The molecule has 2 aromatic heterocycles. The summed E-state index contributed by atoms with van der Waals surface area (Å²) < 4.78 is 11.6. The fourth-order valence-electron chi connectivity index (χ4n) is 3.60. The van der Waals surface area contributed by atoms with Gasteiger partial charge in [-0.2, -0.15) is 0 Å². The molecule has 0 radical (unpaired) electrons. The molecule has 1 atom stereocenters. The first kappa shape index (κ1) is 20.9. The summed E-state index contributed by atoms with van der Waals surface area (Å²) in [6.45, 7) is 9.89. The van der Waals surface area contributed by atoms with Crippen LogP contribution in [0.2, 0.25) is 0 Å². The highest BCUT2D eigenvalue weighted by atomic mass is 32.1. The summed E-state index contributed by atoms with van der Waals surface area (Å²) in [5, 5.41) is 4.38. The van der Waals surface area contributed by atoms with Crippen molar-refractivity contribution in [3.8, 4) is 10.6 Å². The monoisotopic (exact) mass is 425 g/mol. The van der Waals surface area contributed by atoms with E-state index < -0.39 is 0 Å². The quantitative estimate of drug-likeness (QED) is 0.604. The maximum atomic E-state index is 6.07. The minimum Gasteiger partial charge on any atom is -0.379 e. The van der Waals surface area contributed by atoms with Crippen LogP contribution in [0.1, 0.15) is 29.4 Å². The standard InChI is InChI=1S/C22H27N5O2S/c1-4-29-21(27-10-12-28-13-11-27)17-6-5-7-18(14-17)25-22-23-9-8-19(26-22)20-15(2)24-16(3)30-20/h5-9,14,21H,4,10-13H2,1-3H3,(H,23,25,26). The predicted octanol–water partition coefficient (Wildman–Crippen LogP) is 4.33. The third-order valence-electron chi connectivity index (χ3n) is 4.92. The highest BCUT2D eigenvalue weighted by Gasteiger charge is 2.23. The van der Waals surface area contributed by atoms with Crippen molar-refractivity contribution in [2.24, 2.45) is 0 Å². The molecule has 1 aromatic carbocycles. The Morgan fingerprint density at radius 3 is 2.77 bits per heavy atom. The molecule has 30 heavy (non-hydrogen) atoms. The minimum absolute atomic E-state index is 0.0873. The van der Waals surface area contributed by atoms with Crippen LogP contribution < -0.4 is 5.32 Å². The zero-order valence-electron chi connectivity index (χ0n) is 17.6. The third-order valence-corrected chi connectivity index (χ3v) is 6.02. The number of ether oxygens (including phenoxy) is 2. The zero-order chi connectivity index (χ0) is 20.9. The van der Waals surface area contributed by atoms with Gasteiger partial charge < -0.3 is 14.8 Å². The smallest absolute Gasteiger partial charge is 0.227 e. The number of morpholine rings is 1. The molecular weight excluding hydrogens is 398 g/mol. The second-order valence-corrected chi connectivity index (χ2v) is 8.32. The number of hydrogen-bond donors (Lipinski definition) is 1. The Balaban J connectivity index is 1.55.